The number of ether oxygens (including phenoxy) is 2. The Morgan fingerprint density at radius 3 is 2.76 bits per heavy atom. The Kier molecular flexibility index (Phi) is 5.98. The van der Waals surface area contributed by atoms with E-state index in [1.165, 1.54) is 0 Å². The second-order valence-electron chi connectivity index (χ2n) is 4.52. The van der Waals surface area contributed by atoms with Crippen LogP contribution in [0.2, 0.25) is 0 Å². The highest BCUT2D eigenvalue weighted by atomic mass is 16.5. The van der Waals surface area contributed by atoms with Crippen molar-refractivity contribution < 1.29 is 14.3 Å². The first-order valence-corrected chi connectivity index (χ1v) is 6.22. The fourth-order valence-electron chi connectivity index (χ4n) is 1.86. The van der Waals surface area contributed by atoms with Crippen LogP contribution in [0.5, 0.6) is 0 Å². The van der Waals surface area contributed by atoms with E-state index in [0.29, 0.717) is 30.6 Å². The van der Waals surface area contributed by atoms with Crippen LogP contribution in [0.1, 0.15) is 26.7 Å². The zero-order valence-electron chi connectivity index (χ0n) is 10.8. The molecule has 0 aromatic rings. The van der Waals surface area contributed by atoms with Crippen LogP contribution in [0.25, 0.3) is 0 Å². The molecule has 96 valence electrons. The predicted octanol–water partition coefficient (Wildman–Crippen LogP) is 2.72. The molecule has 0 N–H and O–H groups in total. The number of esters is 1. The molecule has 0 fully saturated rings. The molecule has 0 spiro atoms. The van der Waals surface area contributed by atoms with Crippen molar-refractivity contribution in [2.45, 2.75) is 26.7 Å². The van der Waals surface area contributed by atoms with E-state index >= 15 is 0 Å². The molecule has 0 amide bonds. The lowest BCUT2D eigenvalue weighted by Gasteiger charge is -2.24. The van der Waals surface area contributed by atoms with Gasteiger partial charge >= 0.3 is 5.97 Å². The third kappa shape index (κ3) is 4.73. The Hall–Kier alpha value is -1.09. The van der Waals surface area contributed by atoms with E-state index in [-0.39, 0.29) is 12.6 Å². The average molecular weight is 238 g/mol. The summed E-state index contributed by atoms with van der Waals surface area (Å²) in [6.07, 6.45) is 6.60. The molecule has 2 atom stereocenters. The highest BCUT2D eigenvalue weighted by Crippen LogP contribution is 2.25. The molecule has 0 heterocycles. The molecule has 1 rings (SSSR count). The second-order valence-corrected chi connectivity index (χ2v) is 4.52. The van der Waals surface area contributed by atoms with E-state index in [9.17, 15) is 4.79 Å². The predicted molar refractivity (Wildman–Crippen MR) is 67.6 cm³/mol. The van der Waals surface area contributed by atoms with Gasteiger partial charge in [-0.05, 0) is 31.6 Å². The summed E-state index contributed by atoms with van der Waals surface area (Å²) in [6.45, 7) is 9.01. The number of hydrogen-bond acceptors (Lipinski definition) is 3. The summed E-state index contributed by atoms with van der Waals surface area (Å²) >= 11 is 0. The van der Waals surface area contributed by atoms with E-state index in [1.54, 1.807) is 6.92 Å². The lowest BCUT2D eigenvalue weighted by atomic mass is 9.85. The fourth-order valence-corrected chi connectivity index (χ4v) is 1.86. The van der Waals surface area contributed by atoms with Crippen molar-refractivity contribution in [2.75, 3.05) is 19.8 Å². The van der Waals surface area contributed by atoms with Gasteiger partial charge in [-0.1, -0.05) is 25.7 Å². The minimum atomic E-state index is -0.357. The summed E-state index contributed by atoms with van der Waals surface area (Å²) in [5, 5.41) is 0. The summed E-state index contributed by atoms with van der Waals surface area (Å²) in [5.41, 5.74) is 0.394. The Morgan fingerprint density at radius 2 is 2.12 bits per heavy atom. The monoisotopic (exact) mass is 238 g/mol. The van der Waals surface area contributed by atoms with Crippen molar-refractivity contribution in [1.29, 1.82) is 0 Å². The van der Waals surface area contributed by atoms with Gasteiger partial charge in [-0.2, -0.15) is 0 Å². The summed E-state index contributed by atoms with van der Waals surface area (Å²) in [5.74, 6) is 0.843. The second kappa shape index (κ2) is 7.28. The van der Waals surface area contributed by atoms with Gasteiger partial charge in [-0.3, -0.25) is 0 Å². The van der Waals surface area contributed by atoms with Crippen LogP contribution in [-0.4, -0.2) is 25.8 Å². The normalized spacial score (nSPS) is 23.4. The van der Waals surface area contributed by atoms with Crippen molar-refractivity contribution in [3.05, 3.63) is 24.3 Å². The van der Waals surface area contributed by atoms with E-state index in [1.807, 2.05) is 0 Å². The lowest BCUT2D eigenvalue weighted by molar-refractivity contribution is -0.139. The van der Waals surface area contributed by atoms with Crippen LogP contribution in [0.15, 0.2) is 24.3 Å². The molecule has 17 heavy (non-hydrogen) atoms. The minimum Gasteiger partial charge on any atom is -0.463 e. The van der Waals surface area contributed by atoms with Crippen molar-refractivity contribution in [1.82, 2.24) is 0 Å². The molecule has 3 nitrogen and oxygen atoms in total. The highest BCUT2D eigenvalue weighted by molar-refractivity contribution is 5.87. The molecule has 2 unspecified atom stereocenters. The van der Waals surface area contributed by atoms with Crippen molar-refractivity contribution >= 4 is 5.97 Å². The van der Waals surface area contributed by atoms with Gasteiger partial charge < -0.3 is 9.47 Å². The van der Waals surface area contributed by atoms with Gasteiger partial charge in [0, 0.05) is 0 Å². The first-order valence-electron chi connectivity index (χ1n) is 6.22. The maximum absolute atomic E-state index is 11.3. The number of carbonyl (C=O) groups excluding carboxylic acids is 1. The molecule has 3 heteroatoms. The summed E-state index contributed by atoms with van der Waals surface area (Å²) in [4.78, 5) is 11.3. The Balaban J connectivity index is 2.21. The fraction of sp³-hybridized carbons (Fsp3) is 0.643. The SMILES string of the molecule is C=C(COCC1CC=CCC1C)C(=O)OCC. The molecule has 0 aromatic heterocycles. The van der Waals surface area contributed by atoms with E-state index in [0.717, 1.165) is 12.8 Å². The Morgan fingerprint density at radius 1 is 1.41 bits per heavy atom. The molecular formula is C14H22O3. The molecule has 0 aromatic carbocycles. The van der Waals surface area contributed by atoms with Gasteiger partial charge in [0.05, 0.1) is 25.4 Å². The molecule has 0 aliphatic heterocycles. The molecule has 0 saturated heterocycles. The number of allylic oxidation sites excluding steroid dienone is 2. The number of hydrogen-bond donors (Lipinski definition) is 0. The maximum atomic E-state index is 11.3. The molecule has 0 bridgehead atoms. The van der Waals surface area contributed by atoms with Gasteiger partial charge in [-0.25, -0.2) is 4.79 Å². The lowest BCUT2D eigenvalue weighted by Crippen LogP contribution is -2.21. The van der Waals surface area contributed by atoms with Gasteiger partial charge in [0.15, 0.2) is 0 Å². The molecule has 0 radical (unpaired) electrons. The average Bonchev–Trinajstić information content (AvgIpc) is 2.31. The third-order valence-electron chi connectivity index (χ3n) is 3.09. The summed E-state index contributed by atoms with van der Waals surface area (Å²) in [6, 6.07) is 0. The van der Waals surface area contributed by atoms with E-state index in [2.05, 4.69) is 25.7 Å². The van der Waals surface area contributed by atoms with Crippen LogP contribution in [0.3, 0.4) is 0 Å². The number of rotatable bonds is 6. The summed E-state index contributed by atoms with van der Waals surface area (Å²) < 4.78 is 10.4. The van der Waals surface area contributed by atoms with E-state index in [4.69, 9.17) is 9.47 Å². The van der Waals surface area contributed by atoms with Crippen LogP contribution in [-0.2, 0) is 14.3 Å². The molecule has 1 aliphatic carbocycles. The van der Waals surface area contributed by atoms with Gasteiger partial charge in [0.1, 0.15) is 0 Å². The van der Waals surface area contributed by atoms with E-state index < -0.39 is 0 Å². The Bertz CT molecular complexity index is 294. The smallest absolute Gasteiger partial charge is 0.335 e. The minimum absolute atomic E-state index is 0.270. The van der Waals surface area contributed by atoms with Crippen LogP contribution >= 0.6 is 0 Å². The Labute approximate surface area is 103 Å². The first-order chi connectivity index (χ1) is 8.15. The largest absolute Gasteiger partial charge is 0.463 e. The standard InChI is InChI=1S/C14H22O3/c1-4-17-14(15)12(3)9-16-10-13-8-6-5-7-11(13)2/h5-6,11,13H,3-4,7-10H2,1-2H3. The first kappa shape index (κ1) is 14.0. The molecule has 0 saturated carbocycles. The highest BCUT2D eigenvalue weighted by Gasteiger charge is 2.18. The van der Waals surface area contributed by atoms with Crippen molar-refractivity contribution in [2.24, 2.45) is 11.8 Å². The van der Waals surface area contributed by atoms with Gasteiger partial charge in [-0.15, -0.1) is 0 Å². The molecule has 1 aliphatic rings. The topological polar surface area (TPSA) is 35.5 Å². The van der Waals surface area contributed by atoms with Crippen LogP contribution < -0.4 is 0 Å². The van der Waals surface area contributed by atoms with Gasteiger partial charge in [0.2, 0.25) is 0 Å². The third-order valence-corrected chi connectivity index (χ3v) is 3.09. The summed E-state index contributed by atoms with van der Waals surface area (Å²) in [7, 11) is 0. The van der Waals surface area contributed by atoms with Gasteiger partial charge in [0.25, 0.3) is 0 Å². The molecular weight excluding hydrogens is 216 g/mol. The zero-order chi connectivity index (χ0) is 12.7. The van der Waals surface area contributed by atoms with Crippen molar-refractivity contribution in [3.63, 3.8) is 0 Å². The van der Waals surface area contributed by atoms with Crippen LogP contribution in [0, 0.1) is 11.8 Å². The van der Waals surface area contributed by atoms with Crippen LogP contribution in [0.4, 0.5) is 0 Å². The zero-order valence-corrected chi connectivity index (χ0v) is 10.8. The number of carbonyl (C=O) groups is 1. The quantitative estimate of drug-likeness (QED) is 0.405. The van der Waals surface area contributed by atoms with Crippen molar-refractivity contribution in [3.8, 4) is 0 Å². The maximum Gasteiger partial charge on any atom is 0.335 e.